The van der Waals surface area contributed by atoms with Gasteiger partial charge >= 0.3 is 5.97 Å². The van der Waals surface area contributed by atoms with E-state index in [2.05, 4.69) is 21.2 Å². The third kappa shape index (κ3) is 4.77. The number of amides is 2. The van der Waals surface area contributed by atoms with Gasteiger partial charge in [-0.2, -0.15) is 0 Å². The number of hydrogen-bond donors (Lipinski definition) is 2. The fourth-order valence-electron chi connectivity index (χ4n) is 4.67. The summed E-state index contributed by atoms with van der Waals surface area (Å²) < 4.78 is 5.29. The molecule has 0 aliphatic carbocycles. The quantitative estimate of drug-likeness (QED) is 0.204. The minimum Gasteiger partial charge on any atom is -0.498 e. The Balaban J connectivity index is 1.71. The summed E-state index contributed by atoms with van der Waals surface area (Å²) in [6, 6.07) is 17.6. The van der Waals surface area contributed by atoms with E-state index in [1.165, 1.54) is 23.8 Å². The minimum atomic E-state index is -1.27. The molecule has 0 spiro atoms. The lowest BCUT2D eigenvalue weighted by Crippen LogP contribution is -2.73. The molecule has 3 atom stereocenters. The zero-order valence-corrected chi connectivity index (χ0v) is 22.6. The molecular formula is C26H28BrN3O5S. The van der Waals surface area contributed by atoms with Gasteiger partial charge in [-0.15, -0.1) is 11.8 Å². The summed E-state index contributed by atoms with van der Waals surface area (Å²) in [6.45, 7) is 3.71. The normalized spacial score (nSPS) is 23.8. The molecule has 0 aromatic heterocycles. The van der Waals surface area contributed by atoms with E-state index in [4.69, 9.17) is 4.74 Å². The van der Waals surface area contributed by atoms with Gasteiger partial charge in [-0.05, 0) is 25.0 Å². The maximum absolute atomic E-state index is 13.7. The maximum atomic E-state index is 13.7. The number of nitrogens with zero attached hydrogens (tertiary/aromatic N) is 2. The van der Waals surface area contributed by atoms with E-state index >= 15 is 0 Å². The molecule has 2 heterocycles. The molecule has 2 aliphatic heterocycles. The summed E-state index contributed by atoms with van der Waals surface area (Å²) in [5.41, 5.74) is 0.781. The van der Waals surface area contributed by atoms with Gasteiger partial charge in [0.2, 0.25) is 5.91 Å². The van der Waals surface area contributed by atoms with Gasteiger partial charge in [-0.1, -0.05) is 76.6 Å². The lowest BCUT2D eigenvalue weighted by atomic mass is 10.00. The Morgan fingerprint density at radius 3 is 2.25 bits per heavy atom. The van der Waals surface area contributed by atoms with Crippen LogP contribution in [0.15, 0.2) is 72.1 Å². The molecular weight excluding hydrogens is 546 g/mol. The van der Waals surface area contributed by atoms with E-state index in [1.807, 2.05) is 74.5 Å². The molecule has 2 saturated heterocycles. The van der Waals surface area contributed by atoms with Crippen LogP contribution in [-0.4, -0.2) is 62.2 Å². The first kappa shape index (κ1) is 26.2. The predicted octanol–water partition coefficient (Wildman–Crippen LogP) is 3.70. The zero-order chi connectivity index (χ0) is 26.0. The van der Waals surface area contributed by atoms with Crippen LogP contribution in [-0.2, 0) is 24.9 Å². The minimum absolute atomic E-state index is 0.126. The number of hydrogen-bond acceptors (Lipinski definition) is 6. The average molecular weight is 574 g/mol. The molecule has 190 valence electrons. The SMILES string of the molecule is CO/C(CBr)=C(/C(=O)O)N1C(=O)C(N2C(=O)C(c3ccccc3)NC2(C)C)C1SCc1ccccc1. The lowest BCUT2D eigenvalue weighted by molar-refractivity contribution is -0.162. The standard InChI is InChI=1S/C26H28BrN3O5S/c1-26(2)28-19(17-12-8-5-9-13-17)22(31)30(26)21-23(32)29(20(25(33)34)18(14-27)35-3)24(21)36-15-16-10-6-4-7-11-16/h4-13,19,21,24,28H,14-15H2,1-3H3,(H,33,34)/b20-18-. The lowest BCUT2D eigenvalue weighted by Gasteiger charge is -2.52. The van der Waals surface area contributed by atoms with Crippen molar-refractivity contribution in [1.82, 2.24) is 15.1 Å². The largest absolute Gasteiger partial charge is 0.498 e. The second kappa shape index (κ2) is 10.7. The first-order valence-corrected chi connectivity index (χ1v) is 13.6. The van der Waals surface area contributed by atoms with Crippen molar-refractivity contribution in [3.63, 3.8) is 0 Å². The van der Waals surface area contributed by atoms with Gasteiger partial charge < -0.3 is 14.7 Å². The van der Waals surface area contributed by atoms with Gasteiger partial charge in [0.1, 0.15) is 23.2 Å². The van der Waals surface area contributed by atoms with Crippen molar-refractivity contribution in [3.8, 4) is 0 Å². The van der Waals surface area contributed by atoms with E-state index in [0.29, 0.717) is 5.75 Å². The number of aliphatic carboxylic acids is 1. The zero-order valence-electron chi connectivity index (χ0n) is 20.2. The number of carbonyl (C=O) groups excluding carboxylic acids is 2. The van der Waals surface area contributed by atoms with Crippen LogP contribution in [0.3, 0.4) is 0 Å². The molecule has 2 aromatic carbocycles. The molecule has 2 aliphatic rings. The fourth-order valence-corrected chi connectivity index (χ4v) is 6.50. The second-order valence-corrected chi connectivity index (χ2v) is 10.7. The molecule has 2 N–H and O–H groups in total. The Bertz CT molecular complexity index is 1170. The molecule has 0 radical (unpaired) electrons. The Kier molecular flexibility index (Phi) is 7.77. The van der Waals surface area contributed by atoms with Crippen LogP contribution >= 0.6 is 27.7 Å². The maximum Gasteiger partial charge on any atom is 0.356 e. The highest BCUT2D eigenvalue weighted by Crippen LogP contribution is 2.44. The summed E-state index contributed by atoms with van der Waals surface area (Å²) in [5.74, 6) is -1.27. The average Bonchev–Trinajstić information content (AvgIpc) is 3.11. The van der Waals surface area contributed by atoms with Gasteiger partial charge in [0.25, 0.3) is 5.91 Å². The number of nitrogens with one attached hydrogen (secondary N) is 1. The molecule has 10 heteroatoms. The highest BCUT2D eigenvalue weighted by Gasteiger charge is 2.61. The number of ether oxygens (including phenoxy) is 1. The number of methoxy groups -OCH3 is 1. The Morgan fingerprint density at radius 2 is 1.69 bits per heavy atom. The van der Waals surface area contributed by atoms with E-state index in [0.717, 1.165) is 11.1 Å². The van der Waals surface area contributed by atoms with E-state index in [1.54, 1.807) is 4.90 Å². The molecule has 2 aromatic rings. The second-order valence-electron chi connectivity index (χ2n) is 9.01. The number of allylic oxidation sites excluding steroid dienone is 1. The van der Waals surface area contributed by atoms with Crippen LogP contribution in [0.25, 0.3) is 0 Å². The molecule has 36 heavy (non-hydrogen) atoms. The third-order valence-corrected chi connectivity index (χ3v) is 8.17. The van der Waals surface area contributed by atoms with Crippen LogP contribution < -0.4 is 5.32 Å². The van der Waals surface area contributed by atoms with Crippen molar-refractivity contribution in [2.45, 2.75) is 42.7 Å². The predicted molar refractivity (Wildman–Crippen MR) is 141 cm³/mol. The number of benzene rings is 2. The number of likely N-dealkylation sites (tertiary alicyclic amines) is 1. The van der Waals surface area contributed by atoms with Crippen molar-refractivity contribution in [2.24, 2.45) is 0 Å². The number of carboxylic acid groups (broad SMARTS) is 1. The summed E-state index contributed by atoms with van der Waals surface area (Å²) >= 11 is 4.68. The number of halogens is 1. The number of rotatable bonds is 9. The summed E-state index contributed by atoms with van der Waals surface area (Å²) in [5, 5.41) is 12.9. The van der Waals surface area contributed by atoms with Crippen molar-refractivity contribution < 1.29 is 24.2 Å². The van der Waals surface area contributed by atoms with Crippen LogP contribution in [0, 0.1) is 0 Å². The molecule has 4 rings (SSSR count). The molecule has 3 unspecified atom stereocenters. The van der Waals surface area contributed by atoms with Crippen LogP contribution in [0.5, 0.6) is 0 Å². The van der Waals surface area contributed by atoms with Crippen molar-refractivity contribution in [1.29, 1.82) is 0 Å². The molecule has 0 bridgehead atoms. The van der Waals surface area contributed by atoms with Gasteiger partial charge in [0, 0.05) is 5.75 Å². The van der Waals surface area contributed by atoms with Gasteiger partial charge in [-0.3, -0.25) is 19.8 Å². The summed E-state index contributed by atoms with van der Waals surface area (Å²) in [7, 11) is 1.37. The van der Waals surface area contributed by atoms with E-state index in [-0.39, 0.29) is 22.7 Å². The third-order valence-electron chi connectivity index (χ3n) is 6.35. The number of carbonyl (C=O) groups is 3. The van der Waals surface area contributed by atoms with E-state index in [9.17, 15) is 19.5 Å². The highest BCUT2D eigenvalue weighted by atomic mass is 79.9. The Morgan fingerprint density at radius 1 is 1.08 bits per heavy atom. The van der Waals surface area contributed by atoms with E-state index < -0.39 is 35.0 Å². The number of carboxylic acids is 1. The van der Waals surface area contributed by atoms with Crippen LogP contribution in [0.2, 0.25) is 0 Å². The molecule has 2 fully saturated rings. The number of alkyl halides is 1. The van der Waals surface area contributed by atoms with Gasteiger partial charge in [-0.25, -0.2) is 4.79 Å². The topological polar surface area (TPSA) is 99.2 Å². The summed E-state index contributed by atoms with van der Waals surface area (Å²) in [4.78, 5) is 42.4. The van der Waals surface area contributed by atoms with Crippen molar-refractivity contribution in [3.05, 3.63) is 83.2 Å². The van der Waals surface area contributed by atoms with Gasteiger partial charge in [0.05, 0.1) is 18.1 Å². The smallest absolute Gasteiger partial charge is 0.356 e. The van der Waals surface area contributed by atoms with Crippen LogP contribution in [0.4, 0.5) is 0 Å². The first-order chi connectivity index (χ1) is 17.2. The molecule has 8 nitrogen and oxygen atoms in total. The number of β-lactam (4-membered cyclic amide) rings is 1. The highest BCUT2D eigenvalue weighted by molar-refractivity contribution is 9.09. The molecule has 2 amide bonds. The fraction of sp³-hybridized carbons (Fsp3) is 0.346. The van der Waals surface area contributed by atoms with Crippen molar-refractivity contribution in [2.75, 3.05) is 12.4 Å². The Hall–Kier alpha value is -2.82. The monoisotopic (exact) mass is 573 g/mol. The first-order valence-electron chi connectivity index (χ1n) is 11.4. The Labute approximate surface area is 222 Å². The van der Waals surface area contributed by atoms with Gasteiger partial charge in [0.15, 0.2) is 5.70 Å². The summed E-state index contributed by atoms with van der Waals surface area (Å²) in [6.07, 6.45) is 0. The molecule has 0 saturated carbocycles. The van der Waals surface area contributed by atoms with Crippen LogP contribution in [0.1, 0.15) is 31.0 Å². The van der Waals surface area contributed by atoms with Crippen molar-refractivity contribution >= 4 is 45.5 Å². The number of thioether (sulfide) groups is 1.